The molecule has 2 N–H and O–H groups in total. The third-order valence-corrected chi connectivity index (χ3v) is 5.64. The maximum absolute atomic E-state index is 14.7. The Morgan fingerprint density at radius 2 is 1.82 bits per heavy atom. The molecule has 0 radical (unpaired) electrons. The lowest BCUT2D eigenvalue weighted by Gasteiger charge is -2.17. The zero-order valence-electron chi connectivity index (χ0n) is 17.3. The molecule has 4 aromatic rings. The topological polar surface area (TPSA) is 87.5 Å². The van der Waals surface area contributed by atoms with Crippen molar-refractivity contribution in [2.75, 3.05) is 5.32 Å². The minimum atomic E-state index is -1.02. The third kappa shape index (κ3) is 3.99. The number of nitrogens with one attached hydrogen (secondary N) is 1. The Morgan fingerprint density at radius 3 is 2.59 bits per heavy atom. The van der Waals surface area contributed by atoms with Crippen molar-refractivity contribution in [2.45, 2.75) is 6.04 Å². The van der Waals surface area contributed by atoms with Gasteiger partial charge in [0.2, 0.25) is 5.95 Å². The molecule has 34 heavy (non-hydrogen) atoms. The molecule has 1 atom stereocenters. The van der Waals surface area contributed by atoms with Crippen LogP contribution in [0, 0.1) is 11.6 Å². The smallest absolute Gasteiger partial charge is 0.335 e. The molecular formula is C25H15ClF2N4O2. The molecule has 0 amide bonds. The molecule has 0 aliphatic carbocycles. The quantitative estimate of drug-likeness (QED) is 0.375. The van der Waals surface area contributed by atoms with Crippen LogP contribution in [0.2, 0.25) is 5.02 Å². The summed E-state index contributed by atoms with van der Waals surface area (Å²) in [6, 6.07) is 14.4. The second kappa shape index (κ2) is 8.64. The summed E-state index contributed by atoms with van der Waals surface area (Å²) in [6.07, 6.45) is 3.10. The van der Waals surface area contributed by atoms with Gasteiger partial charge in [0.05, 0.1) is 11.3 Å². The van der Waals surface area contributed by atoms with Crippen LogP contribution in [0.5, 0.6) is 0 Å². The molecule has 5 rings (SSSR count). The molecule has 0 saturated carbocycles. The number of hydrogen-bond acceptors (Lipinski definition) is 5. The van der Waals surface area contributed by atoms with Gasteiger partial charge in [0.1, 0.15) is 6.04 Å². The number of aliphatic imine (C=N–C) groups is 1. The number of carbonyl (C=O) groups is 1. The molecular weight excluding hydrogens is 462 g/mol. The number of carboxylic acids is 1. The number of carboxylic acid groups (broad SMARTS) is 1. The molecule has 168 valence electrons. The molecule has 0 fully saturated rings. The minimum Gasteiger partial charge on any atom is -0.478 e. The van der Waals surface area contributed by atoms with Crippen molar-refractivity contribution in [3.63, 3.8) is 0 Å². The molecule has 3 aromatic carbocycles. The zero-order chi connectivity index (χ0) is 23.8. The van der Waals surface area contributed by atoms with Crippen LogP contribution >= 0.6 is 11.6 Å². The Hall–Kier alpha value is -4.17. The number of nitrogens with zero attached hydrogens (tertiary/aromatic N) is 3. The highest BCUT2D eigenvalue weighted by Gasteiger charge is 2.26. The fourth-order valence-corrected chi connectivity index (χ4v) is 3.96. The lowest BCUT2D eigenvalue weighted by molar-refractivity contribution is 0.0697. The maximum atomic E-state index is 14.7. The lowest BCUT2D eigenvalue weighted by Crippen LogP contribution is -2.05. The Kier molecular flexibility index (Phi) is 5.51. The summed E-state index contributed by atoms with van der Waals surface area (Å²) in [6.45, 7) is 0. The van der Waals surface area contributed by atoms with E-state index in [1.165, 1.54) is 30.5 Å². The molecule has 9 heteroatoms. The summed E-state index contributed by atoms with van der Waals surface area (Å²) in [7, 11) is 0. The molecule has 0 bridgehead atoms. The minimum absolute atomic E-state index is 0.0809. The predicted octanol–water partition coefficient (Wildman–Crippen LogP) is 6.04. The van der Waals surface area contributed by atoms with Crippen LogP contribution in [0.25, 0.3) is 11.3 Å². The number of fused-ring (bicyclic) bond motifs is 3. The van der Waals surface area contributed by atoms with Crippen LogP contribution < -0.4 is 5.32 Å². The first-order valence-corrected chi connectivity index (χ1v) is 10.5. The largest absolute Gasteiger partial charge is 0.478 e. The van der Waals surface area contributed by atoms with E-state index in [1.807, 2.05) is 0 Å². The zero-order valence-corrected chi connectivity index (χ0v) is 18.1. The summed E-state index contributed by atoms with van der Waals surface area (Å²) in [5.41, 5.74) is 3.19. The highest BCUT2D eigenvalue weighted by Crippen LogP contribution is 2.39. The van der Waals surface area contributed by atoms with E-state index in [9.17, 15) is 13.6 Å². The van der Waals surface area contributed by atoms with Gasteiger partial charge in [0, 0.05) is 39.8 Å². The van der Waals surface area contributed by atoms with E-state index < -0.39 is 23.6 Å². The summed E-state index contributed by atoms with van der Waals surface area (Å²) in [4.78, 5) is 24.5. The van der Waals surface area contributed by atoms with E-state index in [1.54, 1.807) is 36.5 Å². The first kappa shape index (κ1) is 21.7. The van der Waals surface area contributed by atoms with Gasteiger partial charge in [-0.2, -0.15) is 0 Å². The van der Waals surface area contributed by atoms with Gasteiger partial charge in [0.25, 0.3) is 0 Å². The maximum Gasteiger partial charge on any atom is 0.335 e. The van der Waals surface area contributed by atoms with Gasteiger partial charge in [0.15, 0.2) is 11.6 Å². The fraction of sp³-hybridized carbons (Fsp3) is 0.0400. The van der Waals surface area contributed by atoms with Crippen LogP contribution in [0.4, 0.5) is 20.4 Å². The highest BCUT2D eigenvalue weighted by molar-refractivity contribution is 6.30. The summed E-state index contributed by atoms with van der Waals surface area (Å²) >= 11 is 6.25. The fourth-order valence-electron chi connectivity index (χ4n) is 3.78. The van der Waals surface area contributed by atoms with Crippen molar-refractivity contribution >= 4 is 35.4 Å². The first-order valence-electron chi connectivity index (χ1n) is 10.1. The third-order valence-electron chi connectivity index (χ3n) is 5.41. The van der Waals surface area contributed by atoms with Crippen molar-refractivity contribution in [3.8, 4) is 11.3 Å². The molecule has 1 aliphatic heterocycles. The van der Waals surface area contributed by atoms with Crippen molar-refractivity contribution in [1.29, 1.82) is 0 Å². The van der Waals surface area contributed by atoms with Gasteiger partial charge in [-0.15, -0.1) is 0 Å². The number of halogens is 3. The van der Waals surface area contributed by atoms with E-state index in [-0.39, 0.29) is 17.1 Å². The van der Waals surface area contributed by atoms with Crippen LogP contribution in [-0.2, 0) is 0 Å². The van der Waals surface area contributed by atoms with Gasteiger partial charge in [-0.25, -0.2) is 23.5 Å². The Balaban J connectivity index is 1.58. The number of aromatic carboxylic acids is 1. The second-order valence-corrected chi connectivity index (χ2v) is 8.00. The standard InChI is InChI=1S/C25H15ClF2N4O2/c26-15-6-9-17-19(10-15)23(18-2-1-3-20(27)21(18)28)29-11-14-12-30-25(32-22(14)17)31-16-7-4-13(5-8-16)24(33)34/h1-12,23H,(H,33,34)(H,30,31,32). The molecule has 1 unspecified atom stereocenters. The van der Waals surface area contributed by atoms with Crippen LogP contribution in [0.15, 0.2) is 71.9 Å². The van der Waals surface area contributed by atoms with Crippen LogP contribution in [0.3, 0.4) is 0 Å². The Labute approximate surface area is 197 Å². The van der Waals surface area contributed by atoms with Crippen LogP contribution in [0.1, 0.15) is 33.1 Å². The first-order chi connectivity index (χ1) is 16.4. The van der Waals surface area contributed by atoms with Crippen LogP contribution in [-0.4, -0.2) is 27.3 Å². The van der Waals surface area contributed by atoms with Crippen molar-refractivity contribution in [2.24, 2.45) is 4.99 Å². The molecule has 1 aromatic heterocycles. The highest BCUT2D eigenvalue weighted by atomic mass is 35.5. The number of aromatic nitrogens is 2. The number of benzene rings is 3. The van der Waals surface area contributed by atoms with Crippen molar-refractivity contribution < 1.29 is 18.7 Å². The van der Waals surface area contributed by atoms with E-state index in [4.69, 9.17) is 16.7 Å². The summed E-state index contributed by atoms with van der Waals surface area (Å²) < 4.78 is 28.6. The van der Waals surface area contributed by atoms with E-state index in [2.05, 4.69) is 20.3 Å². The number of anilines is 2. The van der Waals surface area contributed by atoms with Gasteiger partial charge >= 0.3 is 5.97 Å². The van der Waals surface area contributed by atoms with Crippen molar-refractivity contribution in [1.82, 2.24) is 9.97 Å². The average Bonchev–Trinajstić information content (AvgIpc) is 2.98. The van der Waals surface area contributed by atoms with Crippen molar-refractivity contribution in [3.05, 3.63) is 106 Å². The monoisotopic (exact) mass is 476 g/mol. The predicted molar refractivity (Wildman–Crippen MR) is 125 cm³/mol. The number of rotatable bonds is 4. The van der Waals surface area contributed by atoms with E-state index >= 15 is 0 Å². The van der Waals surface area contributed by atoms with E-state index in [0.29, 0.717) is 33.1 Å². The summed E-state index contributed by atoms with van der Waals surface area (Å²) in [5, 5.41) is 12.5. The second-order valence-electron chi connectivity index (χ2n) is 7.56. The van der Waals surface area contributed by atoms with Gasteiger partial charge in [-0.05, 0) is 48.0 Å². The molecule has 2 heterocycles. The molecule has 0 saturated heterocycles. The SMILES string of the molecule is O=C(O)c1ccc(Nc2ncc3c(n2)-c2ccc(Cl)cc2C(c2cccc(F)c2F)N=C3)cc1. The molecule has 6 nitrogen and oxygen atoms in total. The lowest BCUT2D eigenvalue weighted by atomic mass is 9.93. The van der Waals surface area contributed by atoms with E-state index in [0.717, 1.165) is 6.07 Å². The normalized spacial score (nSPS) is 14.1. The summed E-state index contributed by atoms with van der Waals surface area (Å²) in [5.74, 6) is -2.68. The average molecular weight is 477 g/mol. The number of hydrogen-bond donors (Lipinski definition) is 2. The molecule has 1 aliphatic rings. The van der Waals surface area contributed by atoms with Gasteiger partial charge < -0.3 is 10.4 Å². The van der Waals surface area contributed by atoms with Gasteiger partial charge in [-0.1, -0.05) is 29.8 Å². The Bertz CT molecular complexity index is 1460. The Morgan fingerprint density at radius 1 is 1.03 bits per heavy atom. The molecule has 0 spiro atoms. The van der Waals surface area contributed by atoms with Gasteiger partial charge in [-0.3, -0.25) is 4.99 Å².